The van der Waals surface area contributed by atoms with E-state index in [4.69, 9.17) is 0 Å². The Hall–Kier alpha value is -3.00. The van der Waals surface area contributed by atoms with Crippen LogP contribution >= 0.6 is 11.3 Å². The van der Waals surface area contributed by atoms with E-state index in [0.29, 0.717) is 10.8 Å². The third-order valence-corrected chi connectivity index (χ3v) is 3.88. The number of aromatic nitrogens is 3. The number of methoxy groups -OCH3 is 1. The minimum atomic E-state index is -1.13. The maximum atomic E-state index is 11.5. The minimum absolute atomic E-state index is 0.0985. The number of carbonyl (C=O) groups is 2. The van der Waals surface area contributed by atoms with Crippen molar-refractivity contribution in [2.45, 2.75) is 0 Å². The lowest BCUT2D eigenvalue weighted by Gasteiger charge is -2.03. The molecular weight excluding hydrogens is 318 g/mol. The van der Waals surface area contributed by atoms with Gasteiger partial charge < -0.3 is 9.84 Å². The summed E-state index contributed by atoms with van der Waals surface area (Å²) in [6, 6.07) is 10.7. The third kappa shape index (κ3) is 2.84. The number of nitrogens with zero attached hydrogens (tertiary/aromatic N) is 3. The molecule has 0 aliphatic carbocycles. The van der Waals surface area contributed by atoms with Gasteiger partial charge in [-0.2, -0.15) is 5.10 Å². The Bertz CT molecular complexity index is 870. The number of hydrogen-bond donors (Lipinski definition) is 1. The fourth-order valence-corrected chi connectivity index (χ4v) is 2.76. The van der Waals surface area contributed by atoms with Crippen LogP contribution in [-0.2, 0) is 4.74 Å². The van der Waals surface area contributed by atoms with Crippen LogP contribution in [0.2, 0.25) is 0 Å². The highest BCUT2D eigenvalue weighted by molar-refractivity contribution is 7.12. The summed E-state index contributed by atoms with van der Waals surface area (Å²) in [4.78, 5) is 26.9. The normalized spacial score (nSPS) is 10.5. The largest absolute Gasteiger partial charge is 0.476 e. The lowest BCUT2D eigenvalue weighted by molar-refractivity contribution is 0.0594. The van der Waals surface area contributed by atoms with Crippen LogP contribution in [0.5, 0.6) is 0 Å². The molecule has 0 spiro atoms. The zero-order valence-corrected chi connectivity index (χ0v) is 12.8. The number of rotatable bonds is 4. The quantitative estimate of drug-likeness (QED) is 0.739. The minimum Gasteiger partial charge on any atom is -0.476 e. The van der Waals surface area contributed by atoms with Crippen molar-refractivity contribution in [3.8, 4) is 16.4 Å². The fraction of sp³-hybridized carbons (Fsp3) is 0.0667. The predicted molar refractivity (Wildman–Crippen MR) is 83.0 cm³/mol. The molecule has 1 aromatic carbocycles. The Labute approximate surface area is 134 Å². The Morgan fingerprint density at radius 2 is 1.96 bits per heavy atom. The molecule has 0 fully saturated rings. The summed E-state index contributed by atoms with van der Waals surface area (Å²) in [5, 5.41) is 15.2. The van der Waals surface area contributed by atoms with Gasteiger partial charge >= 0.3 is 11.9 Å². The number of carboxylic acid groups (broad SMARTS) is 1. The third-order valence-electron chi connectivity index (χ3n) is 3.07. The maximum Gasteiger partial charge on any atom is 0.357 e. The van der Waals surface area contributed by atoms with Gasteiger partial charge in [-0.1, -0.05) is 30.3 Å². The second-order valence-corrected chi connectivity index (χ2v) is 5.34. The molecular formula is C15H11N3O4S. The first-order valence-corrected chi connectivity index (χ1v) is 7.41. The highest BCUT2D eigenvalue weighted by Crippen LogP contribution is 2.26. The van der Waals surface area contributed by atoms with Crippen LogP contribution < -0.4 is 0 Å². The summed E-state index contributed by atoms with van der Waals surface area (Å²) < 4.78 is 6.04. The van der Waals surface area contributed by atoms with Crippen molar-refractivity contribution in [1.82, 2.24) is 14.8 Å². The van der Waals surface area contributed by atoms with Crippen molar-refractivity contribution < 1.29 is 19.4 Å². The molecule has 0 aliphatic heterocycles. The molecule has 0 radical (unpaired) electrons. The number of ether oxygens (including phenoxy) is 1. The van der Waals surface area contributed by atoms with Crippen molar-refractivity contribution in [3.05, 3.63) is 53.2 Å². The molecule has 3 rings (SSSR count). The molecule has 0 bridgehead atoms. The fourth-order valence-electron chi connectivity index (χ4n) is 2.01. The average molecular weight is 329 g/mol. The first-order chi connectivity index (χ1) is 11.1. The molecule has 0 saturated carbocycles. The average Bonchev–Trinajstić information content (AvgIpc) is 3.21. The molecule has 8 heteroatoms. The molecule has 1 N–H and O–H groups in total. The lowest BCUT2D eigenvalue weighted by Crippen LogP contribution is -2.05. The smallest absolute Gasteiger partial charge is 0.357 e. The van der Waals surface area contributed by atoms with Crippen LogP contribution in [0.15, 0.2) is 41.8 Å². The SMILES string of the molecule is COC(=O)c1csc(-n2nc(C(=O)O)cc2-c2ccccc2)n1. The summed E-state index contributed by atoms with van der Waals surface area (Å²) >= 11 is 1.18. The van der Waals surface area contributed by atoms with E-state index >= 15 is 0 Å². The predicted octanol–water partition coefficient (Wildman–Crippen LogP) is 2.48. The highest BCUT2D eigenvalue weighted by atomic mass is 32.1. The van der Waals surface area contributed by atoms with Gasteiger partial charge in [0.25, 0.3) is 0 Å². The first kappa shape index (κ1) is 14.9. The zero-order valence-electron chi connectivity index (χ0n) is 12.0. The Kier molecular flexibility index (Phi) is 3.90. The molecule has 2 heterocycles. The van der Waals surface area contributed by atoms with Crippen molar-refractivity contribution in [3.63, 3.8) is 0 Å². The summed E-state index contributed by atoms with van der Waals surface area (Å²) in [7, 11) is 1.27. The maximum absolute atomic E-state index is 11.5. The molecule has 2 aromatic heterocycles. The Balaban J connectivity index is 2.12. The van der Waals surface area contributed by atoms with Crippen molar-refractivity contribution in [2.24, 2.45) is 0 Å². The topological polar surface area (TPSA) is 94.3 Å². The van der Waals surface area contributed by atoms with E-state index in [9.17, 15) is 14.7 Å². The van der Waals surface area contributed by atoms with E-state index < -0.39 is 11.9 Å². The van der Waals surface area contributed by atoms with E-state index in [1.54, 1.807) is 0 Å². The van der Waals surface area contributed by atoms with Gasteiger partial charge in [0.15, 0.2) is 11.4 Å². The van der Waals surface area contributed by atoms with Crippen molar-refractivity contribution in [2.75, 3.05) is 7.11 Å². The van der Waals surface area contributed by atoms with Crippen LogP contribution in [-0.4, -0.2) is 38.9 Å². The lowest BCUT2D eigenvalue weighted by atomic mass is 10.1. The van der Waals surface area contributed by atoms with Gasteiger partial charge in [-0.3, -0.25) is 0 Å². The van der Waals surface area contributed by atoms with E-state index in [0.717, 1.165) is 5.56 Å². The van der Waals surface area contributed by atoms with E-state index in [2.05, 4.69) is 14.8 Å². The second-order valence-electron chi connectivity index (χ2n) is 4.50. The van der Waals surface area contributed by atoms with Gasteiger partial charge in [0.05, 0.1) is 12.8 Å². The molecule has 0 unspecified atom stereocenters. The standard InChI is InChI=1S/C15H11N3O4S/c1-22-14(21)11-8-23-15(16-11)18-12(7-10(17-18)13(19)20)9-5-3-2-4-6-9/h2-8H,1H3,(H,19,20). The van der Waals surface area contributed by atoms with Crippen LogP contribution in [0.25, 0.3) is 16.4 Å². The molecule has 0 atom stereocenters. The van der Waals surface area contributed by atoms with Crippen LogP contribution in [0, 0.1) is 0 Å². The molecule has 0 aliphatic rings. The molecule has 0 saturated heterocycles. The number of carboxylic acids is 1. The zero-order chi connectivity index (χ0) is 16.4. The molecule has 7 nitrogen and oxygen atoms in total. The number of aromatic carboxylic acids is 1. The van der Waals surface area contributed by atoms with Gasteiger partial charge in [-0.05, 0) is 6.07 Å². The number of carbonyl (C=O) groups excluding carboxylic acids is 1. The second kappa shape index (κ2) is 6.01. The molecule has 0 amide bonds. The molecule has 23 heavy (non-hydrogen) atoms. The van der Waals surface area contributed by atoms with E-state index in [-0.39, 0.29) is 11.4 Å². The monoisotopic (exact) mass is 329 g/mol. The molecule has 3 aromatic rings. The number of thiazole rings is 1. The van der Waals surface area contributed by atoms with Crippen LogP contribution in [0.3, 0.4) is 0 Å². The highest BCUT2D eigenvalue weighted by Gasteiger charge is 2.19. The van der Waals surface area contributed by atoms with Crippen LogP contribution in [0.1, 0.15) is 21.0 Å². The Morgan fingerprint density at radius 1 is 1.22 bits per heavy atom. The van der Waals surface area contributed by atoms with Gasteiger partial charge in [0.1, 0.15) is 0 Å². The van der Waals surface area contributed by atoms with E-state index in [1.807, 2.05) is 30.3 Å². The van der Waals surface area contributed by atoms with E-state index in [1.165, 1.54) is 34.6 Å². The van der Waals surface area contributed by atoms with Gasteiger partial charge in [0, 0.05) is 10.9 Å². The Morgan fingerprint density at radius 3 is 2.61 bits per heavy atom. The molecule has 116 valence electrons. The van der Waals surface area contributed by atoms with Gasteiger partial charge in [0.2, 0.25) is 5.13 Å². The first-order valence-electron chi connectivity index (χ1n) is 6.53. The van der Waals surface area contributed by atoms with Crippen LogP contribution in [0.4, 0.5) is 0 Å². The van der Waals surface area contributed by atoms with Crippen molar-refractivity contribution in [1.29, 1.82) is 0 Å². The number of hydrogen-bond acceptors (Lipinski definition) is 6. The number of benzene rings is 1. The van der Waals surface area contributed by atoms with Crippen molar-refractivity contribution >= 4 is 23.3 Å². The summed E-state index contributed by atoms with van der Waals surface area (Å²) in [6.07, 6.45) is 0. The van der Waals surface area contributed by atoms with Gasteiger partial charge in [-0.15, -0.1) is 11.3 Å². The summed E-state index contributed by atoms with van der Waals surface area (Å²) in [6.45, 7) is 0. The summed E-state index contributed by atoms with van der Waals surface area (Å²) in [5.41, 5.74) is 1.42. The van der Waals surface area contributed by atoms with Gasteiger partial charge in [-0.25, -0.2) is 19.3 Å². The summed E-state index contributed by atoms with van der Waals surface area (Å²) in [5.74, 6) is -1.69. The number of esters is 1.